The number of amides is 1. The van der Waals surface area contributed by atoms with E-state index in [1.165, 1.54) is 13.1 Å². The van der Waals surface area contributed by atoms with Gasteiger partial charge in [-0.3, -0.25) is 9.59 Å². The van der Waals surface area contributed by atoms with E-state index in [0.717, 1.165) is 11.3 Å². The highest BCUT2D eigenvalue weighted by atomic mass is 16.1. The molecule has 5 nitrogen and oxygen atoms in total. The number of nitrogens with one attached hydrogen (secondary N) is 2. The first-order valence-electron chi connectivity index (χ1n) is 8.73. The van der Waals surface area contributed by atoms with Gasteiger partial charge in [0.05, 0.1) is 11.6 Å². The molecule has 1 aromatic heterocycles. The third-order valence-electron chi connectivity index (χ3n) is 4.21. The molecule has 0 aliphatic heterocycles. The maximum Gasteiger partial charge on any atom is 0.253 e. The van der Waals surface area contributed by atoms with Gasteiger partial charge in [0, 0.05) is 17.4 Å². The molecule has 0 bridgehead atoms. The third kappa shape index (κ3) is 4.79. The molecule has 1 unspecified atom stereocenters. The van der Waals surface area contributed by atoms with Gasteiger partial charge < -0.3 is 10.6 Å². The summed E-state index contributed by atoms with van der Waals surface area (Å²) in [6.07, 6.45) is 1.53. The summed E-state index contributed by atoms with van der Waals surface area (Å²) in [4.78, 5) is 28.2. The van der Waals surface area contributed by atoms with Gasteiger partial charge in [-0.15, -0.1) is 0 Å². The molecule has 3 aromatic rings. The fourth-order valence-electron chi connectivity index (χ4n) is 2.67. The zero-order valence-corrected chi connectivity index (χ0v) is 15.3. The third-order valence-corrected chi connectivity index (χ3v) is 4.21. The van der Waals surface area contributed by atoms with Crippen molar-refractivity contribution < 1.29 is 9.59 Å². The number of aromatic nitrogens is 1. The summed E-state index contributed by atoms with van der Waals surface area (Å²) in [5.41, 5.74) is 2.93. The molecule has 2 N–H and O–H groups in total. The Bertz CT molecular complexity index is 937. The lowest BCUT2D eigenvalue weighted by Gasteiger charge is -2.14. The number of pyridine rings is 1. The van der Waals surface area contributed by atoms with Gasteiger partial charge in [0.2, 0.25) is 0 Å². The molecule has 0 aliphatic rings. The first-order chi connectivity index (χ1) is 13.0. The summed E-state index contributed by atoms with van der Waals surface area (Å²) >= 11 is 0. The van der Waals surface area contributed by atoms with Crippen LogP contribution in [0.1, 0.15) is 46.2 Å². The Labute approximate surface area is 158 Å². The van der Waals surface area contributed by atoms with Crippen molar-refractivity contribution in [2.45, 2.75) is 19.9 Å². The molecule has 0 radical (unpaired) electrons. The monoisotopic (exact) mass is 359 g/mol. The Hall–Kier alpha value is -3.47. The topological polar surface area (TPSA) is 71.1 Å². The highest BCUT2D eigenvalue weighted by Gasteiger charge is 2.11. The van der Waals surface area contributed by atoms with Crippen LogP contribution in [0.5, 0.6) is 0 Å². The Morgan fingerprint density at radius 3 is 2.37 bits per heavy atom. The SMILES string of the molecule is CC(=O)c1cccc(Nc2ccc(C(=O)NC(C)c3ccccc3)cn2)c1. The quantitative estimate of drug-likeness (QED) is 0.635. The molecule has 136 valence electrons. The van der Waals surface area contributed by atoms with Crippen LogP contribution >= 0.6 is 0 Å². The molecule has 1 amide bonds. The van der Waals surface area contributed by atoms with Crippen LogP contribution in [0.25, 0.3) is 0 Å². The zero-order valence-electron chi connectivity index (χ0n) is 15.3. The first kappa shape index (κ1) is 18.3. The van der Waals surface area contributed by atoms with E-state index < -0.39 is 0 Å². The fourth-order valence-corrected chi connectivity index (χ4v) is 2.67. The van der Waals surface area contributed by atoms with Crippen LogP contribution in [0, 0.1) is 0 Å². The number of anilines is 2. The lowest BCUT2D eigenvalue weighted by Crippen LogP contribution is -2.26. The number of rotatable bonds is 6. The number of hydrogen-bond acceptors (Lipinski definition) is 4. The van der Waals surface area contributed by atoms with E-state index in [1.54, 1.807) is 24.3 Å². The van der Waals surface area contributed by atoms with Crippen molar-refractivity contribution in [3.8, 4) is 0 Å². The van der Waals surface area contributed by atoms with Crippen molar-refractivity contribution in [1.82, 2.24) is 10.3 Å². The van der Waals surface area contributed by atoms with Gasteiger partial charge >= 0.3 is 0 Å². The summed E-state index contributed by atoms with van der Waals surface area (Å²) in [7, 11) is 0. The lowest BCUT2D eigenvalue weighted by atomic mass is 10.1. The standard InChI is InChI=1S/C22H21N3O2/c1-15(17-7-4-3-5-8-17)24-22(27)19-11-12-21(23-14-19)25-20-10-6-9-18(13-20)16(2)26/h3-15H,1-2H3,(H,23,25)(H,24,27). The molecule has 0 aliphatic carbocycles. The summed E-state index contributed by atoms with van der Waals surface area (Å²) < 4.78 is 0. The zero-order chi connectivity index (χ0) is 19.2. The molecule has 3 rings (SSSR count). The number of benzene rings is 2. The smallest absolute Gasteiger partial charge is 0.253 e. The largest absolute Gasteiger partial charge is 0.345 e. The molecular formula is C22H21N3O2. The molecule has 1 heterocycles. The molecule has 27 heavy (non-hydrogen) atoms. The second-order valence-corrected chi connectivity index (χ2v) is 6.30. The Morgan fingerprint density at radius 1 is 0.926 bits per heavy atom. The molecule has 5 heteroatoms. The van der Waals surface area contributed by atoms with Crippen LogP contribution < -0.4 is 10.6 Å². The van der Waals surface area contributed by atoms with Gasteiger partial charge in [-0.1, -0.05) is 42.5 Å². The van der Waals surface area contributed by atoms with Crippen LogP contribution in [-0.2, 0) is 0 Å². The molecule has 2 aromatic carbocycles. The van der Waals surface area contributed by atoms with Crippen molar-refractivity contribution in [3.05, 3.63) is 89.6 Å². The average Bonchev–Trinajstić information content (AvgIpc) is 2.69. The first-order valence-corrected chi connectivity index (χ1v) is 8.73. The van der Waals surface area contributed by atoms with E-state index in [9.17, 15) is 9.59 Å². The predicted molar refractivity (Wildman–Crippen MR) is 106 cm³/mol. The molecule has 0 saturated heterocycles. The van der Waals surface area contributed by atoms with Gasteiger partial charge in [0.15, 0.2) is 5.78 Å². The summed E-state index contributed by atoms with van der Waals surface area (Å²) in [6, 6.07) is 20.4. The highest BCUT2D eigenvalue weighted by molar-refractivity contribution is 5.95. The van der Waals surface area contributed by atoms with E-state index in [0.29, 0.717) is 16.9 Å². The molecule has 0 spiro atoms. The van der Waals surface area contributed by atoms with Crippen molar-refractivity contribution in [2.75, 3.05) is 5.32 Å². The normalized spacial score (nSPS) is 11.5. The molecule has 0 saturated carbocycles. The molecular weight excluding hydrogens is 338 g/mol. The number of ketones is 1. The van der Waals surface area contributed by atoms with E-state index in [-0.39, 0.29) is 17.7 Å². The van der Waals surface area contributed by atoms with Crippen molar-refractivity contribution in [3.63, 3.8) is 0 Å². The maximum atomic E-state index is 12.4. The number of carbonyl (C=O) groups excluding carboxylic acids is 2. The van der Waals surface area contributed by atoms with E-state index >= 15 is 0 Å². The van der Waals surface area contributed by atoms with Gasteiger partial charge in [-0.2, -0.15) is 0 Å². The van der Waals surface area contributed by atoms with E-state index in [1.807, 2.05) is 49.4 Å². The molecule has 0 fully saturated rings. The predicted octanol–water partition coefficient (Wildman–Crippen LogP) is 4.52. The van der Waals surface area contributed by atoms with Crippen LogP contribution in [-0.4, -0.2) is 16.7 Å². The minimum absolute atomic E-state index is 0.00571. The van der Waals surface area contributed by atoms with Crippen LogP contribution in [0.4, 0.5) is 11.5 Å². The minimum atomic E-state index is -0.177. The number of Topliss-reactive ketones (excluding diaryl/α,β-unsaturated/α-hetero) is 1. The fraction of sp³-hybridized carbons (Fsp3) is 0.136. The molecule has 1 atom stereocenters. The average molecular weight is 359 g/mol. The van der Waals surface area contributed by atoms with E-state index in [4.69, 9.17) is 0 Å². The maximum absolute atomic E-state index is 12.4. The second-order valence-electron chi connectivity index (χ2n) is 6.30. The Balaban J connectivity index is 1.65. The van der Waals surface area contributed by atoms with Gasteiger partial charge in [-0.25, -0.2) is 4.98 Å². The van der Waals surface area contributed by atoms with Crippen LogP contribution in [0.3, 0.4) is 0 Å². The highest BCUT2D eigenvalue weighted by Crippen LogP contribution is 2.17. The van der Waals surface area contributed by atoms with E-state index in [2.05, 4.69) is 15.6 Å². The van der Waals surface area contributed by atoms with Gasteiger partial charge in [0.1, 0.15) is 5.82 Å². The minimum Gasteiger partial charge on any atom is -0.345 e. The lowest BCUT2D eigenvalue weighted by molar-refractivity contribution is 0.0938. The van der Waals surface area contributed by atoms with Gasteiger partial charge in [0.25, 0.3) is 5.91 Å². The summed E-state index contributed by atoms with van der Waals surface area (Å²) in [5.74, 6) is 0.429. The van der Waals surface area contributed by atoms with Crippen molar-refractivity contribution >= 4 is 23.2 Å². The summed E-state index contributed by atoms with van der Waals surface area (Å²) in [5, 5.41) is 6.10. The summed E-state index contributed by atoms with van der Waals surface area (Å²) in [6.45, 7) is 3.47. The second kappa shape index (κ2) is 8.27. The number of carbonyl (C=O) groups is 2. The number of nitrogens with zero attached hydrogens (tertiary/aromatic N) is 1. The van der Waals surface area contributed by atoms with Gasteiger partial charge in [-0.05, 0) is 43.7 Å². The van der Waals surface area contributed by atoms with Crippen molar-refractivity contribution in [1.29, 1.82) is 0 Å². The Morgan fingerprint density at radius 2 is 1.70 bits per heavy atom. The van der Waals surface area contributed by atoms with Crippen molar-refractivity contribution in [2.24, 2.45) is 0 Å². The number of hydrogen-bond donors (Lipinski definition) is 2. The van der Waals surface area contributed by atoms with Crippen LogP contribution in [0.15, 0.2) is 72.9 Å². The van der Waals surface area contributed by atoms with Crippen LogP contribution in [0.2, 0.25) is 0 Å². The Kier molecular flexibility index (Phi) is 5.61.